The van der Waals surface area contributed by atoms with Crippen molar-refractivity contribution in [1.82, 2.24) is 5.32 Å². The molecule has 0 bridgehead atoms. The van der Waals surface area contributed by atoms with Crippen molar-refractivity contribution in [3.05, 3.63) is 0 Å². The van der Waals surface area contributed by atoms with Gasteiger partial charge < -0.3 is 0 Å². The number of hydrogen-bond acceptors (Lipinski definition) is 0. The molecule has 0 saturated heterocycles. The van der Waals surface area contributed by atoms with Crippen LogP contribution < -0.4 is 5.32 Å². The van der Waals surface area contributed by atoms with E-state index in [9.17, 15) is 0 Å². The van der Waals surface area contributed by atoms with E-state index in [4.69, 9.17) is 0 Å². The second kappa shape index (κ2) is 5.59. The third kappa shape index (κ3) is 3.76. The molecule has 1 rings (SSSR count). The van der Waals surface area contributed by atoms with Crippen molar-refractivity contribution in [1.29, 1.82) is 0 Å². The molecule has 1 nitrogen and oxygen atoms in total. The summed E-state index contributed by atoms with van der Waals surface area (Å²) in [5.41, 5.74) is 0. The standard InChI is InChI=1S/C10H20N/c1-11-10-8-6-4-2-3-5-7-9-10/h10H,2-9H2,1H3. The predicted octanol–water partition coefficient (Wildman–Crippen LogP) is 2.72. The Labute approximate surface area is 70.6 Å². The average molecular weight is 154 g/mol. The second-order valence-corrected chi connectivity index (χ2v) is 3.61. The van der Waals surface area contributed by atoms with Crippen LogP contribution in [0.1, 0.15) is 51.4 Å². The minimum absolute atomic E-state index is 0.688. The first-order valence-corrected chi connectivity index (χ1v) is 5.02. The number of hydrogen-bond donors (Lipinski definition) is 0. The fourth-order valence-corrected chi connectivity index (χ4v) is 1.87. The molecule has 0 amide bonds. The van der Waals surface area contributed by atoms with E-state index in [1.165, 1.54) is 51.4 Å². The molecule has 0 aromatic rings. The predicted molar refractivity (Wildman–Crippen MR) is 48.8 cm³/mol. The summed E-state index contributed by atoms with van der Waals surface area (Å²) < 4.78 is 0. The third-order valence-electron chi connectivity index (χ3n) is 2.69. The van der Waals surface area contributed by atoms with Crippen LogP contribution >= 0.6 is 0 Å². The fraction of sp³-hybridized carbons (Fsp3) is 1.00. The summed E-state index contributed by atoms with van der Waals surface area (Å²) in [7, 11) is 1.97. The Kier molecular flexibility index (Phi) is 4.60. The SMILES string of the molecule is C[N]C1CCCCCCCC1. The van der Waals surface area contributed by atoms with Gasteiger partial charge in [-0.1, -0.05) is 38.5 Å². The monoisotopic (exact) mass is 154 g/mol. The zero-order valence-electron chi connectivity index (χ0n) is 7.68. The van der Waals surface area contributed by atoms with Gasteiger partial charge in [-0.3, -0.25) is 0 Å². The molecule has 0 heterocycles. The van der Waals surface area contributed by atoms with E-state index in [0.29, 0.717) is 6.04 Å². The molecule has 0 spiro atoms. The summed E-state index contributed by atoms with van der Waals surface area (Å²) in [4.78, 5) is 0. The van der Waals surface area contributed by atoms with Gasteiger partial charge in [0.15, 0.2) is 0 Å². The van der Waals surface area contributed by atoms with Gasteiger partial charge in [0.05, 0.1) is 0 Å². The molecule has 11 heavy (non-hydrogen) atoms. The molecule has 1 aliphatic carbocycles. The molecular weight excluding hydrogens is 134 g/mol. The van der Waals surface area contributed by atoms with Crippen LogP contribution in [0.3, 0.4) is 0 Å². The first-order chi connectivity index (χ1) is 5.43. The molecule has 1 fully saturated rings. The van der Waals surface area contributed by atoms with Crippen molar-refractivity contribution in [3.63, 3.8) is 0 Å². The molecule has 1 radical (unpaired) electrons. The maximum absolute atomic E-state index is 4.39. The molecule has 65 valence electrons. The molecule has 1 saturated carbocycles. The number of nitrogens with zero attached hydrogens (tertiary/aromatic N) is 1. The lowest BCUT2D eigenvalue weighted by Gasteiger charge is -2.11. The first-order valence-electron chi connectivity index (χ1n) is 5.02. The summed E-state index contributed by atoms with van der Waals surface area (Å²) in [6, 6.07) is 0.688. The van der Waals surface area contributed by atoms with Crippen molar-refractivity contribution in [2.75, 3.05) is 7.05 Å². The minimum atomic E-state index is 0.688. The minimum Gasteiger partial charge on any atom is -0.242 e. The lowest BCUT2D eigenvalue weighted by atomic mass is 10.1. The first kappa shape index (κ1) is 9.05. The topological polar surface area (TPSA) is 14.1 Å². The van der Waals surface area contributed by atoms with Crippen LogP contribution in [0.15, 0.2) is 0 Å². The Balaban J connectivity index is 2.19. The van der Waals surface area contributed by atoms with Gasteiger partial charge in [0.1, 0.15) is 0 Å². The molecule has 0 aromatic carbocycles. The van der Waals surface area contributed by atoms with Gasteiger partial charge in [-0.15, -0.1) is 0 Å². The van der Waals surface area contributed by atoms with Crippen LogP contribution in [0.5, 0.6) is 0 Å². The number of rotatable bonds is 1. The summed E-state index contributed by atoms with van der Waals surface area (Å²) >= 11 is 0. The lowest BCUT2D eigenvalue weighted by molar-refractivity contribution is 0.458. The van der Waals surface area contributed by atoms with Crippen LogP contribution in [-0.2, 0) is 0 Å². The summed E-state index contributed by atoms with van der Waals surface area (Å²) in [6.07, 6.45) is 11.3. The van der Waals surface area contributed by atoms with E-state index in [1.54, 1.807) is 0 Å². The van der Waals surface area contributed by atoms with Crippen LogP contribution in [0, 0.1) is 0 Å². The Hall–Kier alpha value is -0.0400. The van der Waals surface area contributed by atoms with E-state index in [1.807, 2.05) is 7.05 Å². The Morgan fingerprint density at radius 2 is 1.27 bits per heavy atom. The zero-order valence-corrected chi connectivity index (χ0v) is 7.68. The third-order valence-corrected chi connectivity index (χ3v) is 2.69. The maximum atomic E-state index is 4.39. The van der Waals surface area contributed by atoms with E-state index < -0.39 is 0 Å². The fourth-order valence-electron chi connectivity index (χ4n) is 1.87. The zero-order chi connectivity index (χ0) is 7.94. The van der Waals surface area contributed by atoms with Gasteiger partial charge in [0, 0.05) is 13.1 Å². The van der Waals surface area contributed by atoms with Crippen molar-refractivity contribution in [3.8, 4) is 0 Å². The van der Waals surface area contributed by atoms with Gasteiger partial charge in [-0.25, -0.2) is 5.32 Å². The summed E-state index contributed by atoms with van der Waals surface area (Å²) in [6.45, 7) is 0. The Morgan fingerprint density at radius 1 is 0.818 bits per heavy atom. The van der Waals surface area contributed by atoms with Crippen LogP contribution in [0.2, 0.25) is 0 Å². The smallest absolute Gasteiger partial charge is 0.0242 e. The highest BCUT2D eigenvalue weighted by Gasteiger charge is 2.07. The van der Waals surface area contributed by atoms with Crippen molar-refractivity contribution in [2.24, 2.45) is 0 Å². The van der Waals surface area contributed by atoms with Gasteiger partial charge in [-0.05, 0) is 12.8 Å². The van der Waals surface area contributed by atoms with Gasteiger partial charge in [-0.2, -0.15) is 0 Å². The van der Waals surface area contributed by atoms with E-state index in [2.05, 4.69) is 5.32 Å². The quantitative estimate of drug-likeness (QED) is 0.551. The maximum Gasteiger partial charge on any atom is 0.0242 e. The average Bonchev–Trinajstić information content (AvgIpc) is 2.16. The highest BCUT2D eigenvalue weighted by molar-refractivity contribution is 4.66. The van der Waals surface area contributed by atoms with Crippen molar-refractivity contribution >= 4 is 0 Å². The van der Waals surface area contributed by atoms with Crippen molar-refractivity contribution in [2.45, 2.75) is 57.4 Å². The van der Waals surface area contributed by atoms with Crippen LogP contribution in [-0.4, -0.2) is 13.1 Å². The molecule has 0 N–H and O–H groups in total. The Morgan fingerprint density at radius 3 is 1.73 bits per heavy atom. The Bertz CT molecular complexity index is 80.9. The largest absolute Gasteiger partial charge is 0.242 e. The molecule has 1 aliphatic rings. The highest BCUT2D eigenvalue weighted by Crippen LogP contribution is 2.16. The molecule has 0 unspecified atom stereocenters. The summed E-state index contributed by atoms with van der Waals surface area (Å²) in [5, 5.41) is 4.39. The van der Waals surface area contributed by atoms with Gasteiger partial charge in [0.2, 0.25) is 0 Å². The highest BCUT2D eigenvalue weighted by atomic mass is 14.9. The molecular formula is C10H20N. The van der Waals surface area contributed by atoms with Crippen molar-refractivity contribution < 1.29 is 0 Å². The molecule has 0 aromatic heterocycles. The van der Waals surface area contributed by atoms with Crippen LogP contribution in [0.4, 0.5) is 0 Å². The van der Waals surface area contributed by atoms with Gasteiger partial charge >= 0.3 is 0 Å². The molecule has 0 aliphatic heterocycles. The molecule has 0 atom stereocenters. The normalized spacial score (nSPS) is 23.7. The van der Waals surface area contributed by atoms with E-state index in [0.717, 1.165) is 0 Å². The second-order valence-electron chi connectivity index (χ2n) is 3.61. The van der Waals surface area contributed by atoms with Crippen LogP contribution in [0.25, 0.3) is 0 Å². The van der Waals surface area contributed by atoms with E-state index >= 15 is 0 Å². The molecule has 1 heteroatoms. The van der Waals surface area contributed by atoms with E-state index in [-0.39, 0.29) is 0 Å². The van der Waals surface area contributed by atoms with Gasteiger partial charge in [0.25, 0.3) is 0 Å². The summed E-state index contributed by atoms with van der Waals surface area (Å²) in [5.74, 6) is 0. The lowest BCUT2D eigenvalue weighted by Crippen LogP contribution is -2.17.